The third-order valence-corrected chi connectivity index (χ3v) is 17.9. The highest BCUT2D eigenvalue weighted by molar-refractivity contribution is 5.85. The number of carbonyl (C=O) groups is 4. The van der Waals surface area contributed by atoms with E-state index in [1.54, 1.807) is 19.4 Å². The molecule has 0 radical (unpaired) electrons. The zero-order valence-electron chi connectivity index (χ0n) is 39.3. The van der Waals surface area contributed by atoms with E-state index in [0.29, 0.717) is 31.2 Å². The highest BCUT2D eigenvalue weighted by Crippen LogP contribution is 2.76. The molecule has 8 nitrogen and oxygen atoms in total. The van der Waals surface area contributed by atoms with Crippen LogP contribution in [0, 0.1) is 56.2 Å². The Hall–Kier alpha value is -2.38. The Kier molecular flexibility index (Phi) is 15.3. The van der Waals surface area contributed by atoms with Crippen molar-refractivity contribution in [2.75, 3.05) is 6.54 Å². The van der Waals surface area contributed by atoms with Crippen molar-refractivity contribution < 1.29 is 29.0 Å². The largest absolute Gasteiger partial charge is 0.480 e. The second kappa shape index (κ2) is 18.9. The second-order valence-electron chi connectivity index (χ2n) is 22.8. The summed E-state index contributed by atoms with van der Waals surface area (Å²) in [5.41, 5.74) is 1.41. The van der Waals surface area contributed by atoms with Crippen LogP contribution < -0.4 is 10.6 Å². The molecule has 59 heavy (non-hydrogen) atoms. The summed E-state index contributed by atoms with van der Waals surface area (Å²) in [6.45, 7) is 23.5. The smallest absolute Gasteiger partial charge is 0.326 e. The van der Waals surface area contributed by atoms with Crippen molar-refractivity contribution >= 4 is 23.8 Å². The second-order valence-corrected chi connectivity index (χ2v) is 22.8. The summed E-state index contributed by atoms with van der Waals surface area (Å²) in [7, 11) is 0. The van der Waals surface area contributed by atoms with Gasteiger partial charge in [0.1, 0.15) is 12.1 Å². The predicted octanol–water partition coefficient (Wildman–Crippen LogP) is 11.7. The molecule has 0 spiro atoms. The molecule has 4 saturated carbocycles. The van der Waals surface area contributed by atoms with E-state index in [0.717, 1.165) is 77.0 Å². The Morgan fingerprint density at radius 1 is 0.780 bits per heavy atom. The van der Waals surface area contributed by atoms with Crippen molar-refractivity contribution in [3.8, 4) is 0 Å². The number of aliphatic carboxylic acids is 1. The highest BCUT2D eigenvalue weighted by atomic mass is 16.5. The summed E-state index contributed by atoms with van der Waals surface area (Å²) in [6.07, 6.45) is 25.2. The number of nitrogens with one attached hydrogen (secondary N) is 2. The third kappa shape index (κ3) is 9.67. The lowest BCUT2D eigenvalue weighted by Crippen LogP contribution is -2.65. The van der Waals surface area contributed by atoms with Gasteiger partial charge in [-0.25, -0.2) is 4.79 Å². The van der Waals surface area contributed by atoms with Crippen LogP contribution in [0.5, 0.6) is 0 Å². The van der Waals surface area contributed by atoms with Gasteiger partial charge in [-0.1, -0.05) is 132 Å². The molecular formula is C51H86N2O6. The molecule has 0 heterocycles. The number of ether oxygens (including phenoxy) is 1. The number of amides is 2. The van der Waals surface area contributed by atoms with E-state index >= 15 is 0 Å². The minimum absolute atomic E-state index is 0.000767. The zero-order valence-corrected chi connectivity index (χ0v) is 39.3. The average Bonchev–Trinajstić information content (AvgIpc) is 3.15. The van der Waals surface area contributed by atoms with Gasteiger partial charge in [0.15, 0.2) is 0 Å². The molecule has 9 atom stereocenters. The van der Waals surface area contributed by atoms with Crippen molar-refractivity contribution in [1.82, 2.24) is 10.6 Å². The highest BCUT2D eigenvalue weighted by Gasteiger charge is 2.69. The van der Waals surface area contributed by atoms with Crippen molar-refractivity contribution in [3.63, 3.8) is 0 Å². The molecule has 0 aromatic heterocycles. The van der Waals surface area contributed by atoms with Crippen LogP contribution in [-0.2, 0) is 23.9 Å². The van der Waals surface area contributed by atoms with Gasteiger partial charge in [-0.05, 0) is 122 Å². The Labute approximate surface area is 359 Å². The normalized spacial score (nSPS) is 34.9. The molecule has 0 bridgehead atoms. The summed E-state index contributed by atoms with van der Waals surface area (Å²) in [5, 5.41) is 15.4. The quantitative estimate of drug-likeness (QED) is 0.0677. The predicted molar refractivity (Wildman–Crippen MR) is 237 cm³/mol. The monoisotopic (exact) mass is 823 g/mol. The molecule has 5 aliphatic carbocycles. The molecule has 2 amide bonds. The fraction of sp³-hybridized carbons (Fsp3) is 0.882. The molecule has 4 fully saturated rings. The lowest BCUT2D eigenvalue weighted by atomic mass is 9.33. The summed E-state index contributed by atoms with van der Waals surface area (Å²) in [5.74, 6) is -0.176. The number of unbranched alkanes of at least 4 members (excludes halogenated alkanes) is 8. The number of hydrogen-bond acceptors (Lipinski definition) is 5. The fourth-order valence-electron chi connectivity index (χ4n) is 14.0. The van der Waals surface area contributed by atoms with Gasteiger partial charge in [0, 0.05) is 24.8 Å². The van der Waals surface area contributed by atoms with Gasteiger partial charge >= 0.3 is 11.9 Å². The lowest BCUT2D eigenvalue weighted by Gasteiger charge is -2.71. The number of carboxylic acids is 1. The zero-order chi connectivity index (χ0) is 43.4. The van der Waals surface area contributed by atoms with E-state index in [4.69, 9.17) is 4.74 Å². The maximum Gasteiger partial charge on any atom is 0.326 e. The molecule has 5 aliphatic rings. The molecule has 0 aromatic carbocycles. The van der Waals surface area contributed by atoms with Crippen LogP contribution in [0.1, 0.15) is 210 Å². The number of carboxylic acid groups (broad SMARTS) is 1. The molecule has 8 heteroatoms. The number of hydrogen-bond donors (Lipinski definition) is 3. The maximum absolute atomic E-state index is 14.5. The van der Waals surface area contributed by atoms with Crippen molar-refractivity contribution in [2.45, 2.75) is 223 Å². The lowest BCUT2D eigenvalue weighted by molar-refractivity contribution is -0.213. The van der Waals surface area contributed by atoms with Crippen LogP contribution in [0.3, 0.4) is 0 Å². The van der Waals surface area contributed by atoms with Gasteiger partial charge in [-0.2, -0.15) is 0 Å². The van der Waals surface area contributed by atoms with Crippen LogP contribution in [0.25, 0.3) is 0 Å². The molecule has 0 aliphatic heterocycles. The van der Waals surface area contributed by atoms with Crippen LogP contribution in [0.15, 0.2) is 11.6 Å². The number of fused-ring (bicyclic) bond motifs is 7. The van der Waals surface area contributed by atoms with Gasteiger partial charge in [0.2, 0.25) is 11.8 Å². The van der Waals surface area contributed by atoms with E-state index < -0.39 is 17.4 Å². The number of rotatable bonds is 19. The van der Waals surface area contributed by atoms with E-state index in [9.17, 15) is 24.3 Å². The minimum Gasteiger partial charge on any atom is -0.480 e. The standard InChI is InChI=1S/C51H86N2O6/c1-11-12-13-14-15-16-17-18-19-22-42(55)59-40-26-27-48(8)38(47(40,6)7)25-28-50(10)39(48)24-23-36-37-34-46(4,5)29-31-51(37,32-30-49(36,50)9)45(58)52-33-20-21-41(54)53-43(35(2)3)44(56)57/h23,35,37-40,43H,11-22,24-34H2,1-10H3,(H,52,58)(H,53,54)(H,56,57)/t37?,38?,39?,40-,43-,48-,49+,50+,51-/m0/s1. The van der Waals surface area contributed by atoms with E-state index in [1.165, 1.54) is 44.9 Å². The Bertz CT molecular complexity index is 1530. The van der Waals surface area contributed by atoms with Crippen molar-refractivity contribution in [1.29, 1.82) is 0 Å². The molecule has 3 unspecified atom stereocenters. The SMILES string of the molecule is CCCCCCCCCCCC(=O)O[C@H]1CC[C@@]2(C)C(CC[C@]3(C)C2CC=C2C4CC(C)(C)CC[C@]4(C(=O)NCCCC(=O)N[C@H](C(=O)O)C(C)C)CC[C@]23C)C1(C)C. The first-order valence-corrected chi connectivity index (χ1v) is 24.4. The van der Waals surface area contributed by atoms with Crippen molar-refractivity contribution in [3.05, 3.63) is 11.6 Å². The van der Waals surface area contributed by atoms with Gasteiger partial charge in [-0.15, -0.1) is 0 Å². The average molecular weight is 823 g/mol. The molecule has 3 N–H and O–H groups in total. The topological polar surface area (TPSA) is 122 Å². The maximum atomic E-state index is 14.5. The van der Waals surface area contributed by atoms with Crippen LogP contribution in [-0.4, -0.2) is 47.6 Å². The van der Waals surface area contributed by atoms with Crippen LogP contribution in [0.2, 0.25) is 0 Å². The van der Waals surface area contributed by atoms with Crippen LogP contribution >= 0.6 is 0 Å². The number of esters is 1. The number of allylic oxidation sites excluding steroid dienone is 2. The summed E-state index contributed by atoms with van der Waals surface area (Å²) in [4.78, 5) is 52.0. The summed E-state index contributed by atoms with van der Waals surface area (Å²) >= 11 is 0. The molecule has 5 rings (SSSR count). The molecular weight excluding hydrogens is 737 g/mol. The van der Waals surface area contributed by atoms with E-state index in [2.05, 4.69) is 72.1 Å². The Balaban J connectivity index is 1.24. The fourth-order valence-corrected chi connectivity index (χ4v) is 14.0. The van der Waals surface area contributed by atoms with Crippen molar-refractivity contribution in [2.24, 2.45) is 56.2 Å². The van der Waals surface area contributed by atoms with Gasteiger partial charge in [-0.3, -0.25) is 14.4 Å². The van der Waals surface area contributed by atoms with Crippen LogP contribution in [0.4, 0.5) is 0 Å². The van der Waals surface area contributed by atoms with Gasteiger partial charge < -0.3 is 20.5 Å². The summed E-state index contributed by atoms with van der Waals surface area (Å²) in [6, 6.07) is -0.910. The van der Waals surface area contributed by atoms with E-state index in [-0.39, 0.29) is 69.2 Å². The first kappa shape index (κ1) is 47.7. The molecule has 0 saturated heterocycles. The van der Waals surface area contributed by atoms with Gasteiger partial charge in [0.05, 0.1) is 5.41 Å². The Morgan fingerprint density at radius 3 is 2.07 bits per heavy atom. The molecule has 0 aromatic rings. The van der Waals surface area contributed by atoms with Gasteiger partial charge in [0.25, 0.3) is 0 Å². The van der Waals surface area contributed by atoms with E-state index in [1.807, 2.05) is 0 Å². The first-order chi connectivity index (χ1) is 27.7. The third-order valence-electron chi connectivity index (χ3n) is 17.9. The summed E-state index contributed by atoms with van der Waals surface area (Å²) < 4.78 is 6.40. The minimum atomic E-state index is -1.02. The molecule has 336 valence electrons. The Morgan fingerprint density at radius 2 is 1.42 bits per heavy atom. The first-order valence-electron chi connectivity index (χ1n) is 24.4. The number of carbonyl (C=O) groups excluding carboxylic acids is 3.